The molecule has 2 amide bonds. The van der Waals surface area contributed by atoms with Crippen molar-refractivity contribution in [2.75, 3.05) is 0 Å². The lowest BCUT2D eigenvalue weighted by atomic mass is 10.3. The maximum absolute atomic E-state index is 11.3. The lowest BCUT2D eigenvalue weighted by Crippen LogP contribution is -2.26. The Labute approximate surface area is 97.2 Å². The largest absolute Gasteiger partial charge is 0.370 e. The second kappa shape index (κ2) is 6.09. The van der Waals surface area contributed by atoms with Crippen LogP contribution in [-0.4, -0.2) is 30.5 Å². The number of hydrogen-bond donors (Lipinski definition) is 2. The zero-order valence-corrected chi connectivity index (χ0v) is 9.66. The van der Waals surface area contributed by atoms with Crippen LogP contribution in [0.1, 0.15) is 25.7 Å². The highest BCUT2D eigenvalue weighted by Crippen LogP contribution is 2.05. The van der Waals surface area contributed by atoms with E-state index in [0.717, 1.165) is 0 Å². The minimum absolute atomic E-state index is 0.457. The Balaban J connectivity index is 4.55. The van der Waals surface area contributed by atoms with E-state index in [-0.39, 0.29) is 0 Å². The molecule has 0 bridgehead atoms. The summed E-state index contributed by atoms with van der Waals surface area (Å²) in [5, 5.41) is -2.77. The van der Waals surface area contributed by atoms with Crippen LogP contribution in [-0.2, 0) is 29.0 Å². The molecule has 96 valence electrons. The van der Waals surface area contributed by atoms with Gasteiger partial charge in [0.05, 0.1) is 0 Å². The summed E-state index contributed by atoms with van der Waals surface area (Å²) >= 11 is 0. The first-order valence-corrected chi connectivity index (χ1v) is 6.03. The molecule has 4 N–H and O–H groups in total. The average molecular weight is 264 g/mol. The van der Waals surface area contributed by atoms with Crippen molar-refractivity contribution in [1.29, 1.82) is 0 Å². The van der Waals surface area contributed by atoms with Gasteiger partial charge in [-0.1, -0.05) is 0 Å². The number of primary amides is 2. The number of amides is 2. The minimum atomic E-state index is -4.62. The molecule has 8 nitrogen and oxygen atoms in total. The molecule has 0 fully saturated rings. The molecule has 0 aliphatic heterocycles. The second-order valence-electron chi connectivity index (χ2n) is 3.18. The predicted octanol–water partition coefficient (Wildman–Crippen LogP) is -2.01. The number of nitrogens with two attached hydrogens (primary N) is 2. The van der Waals surface area contributed by atoms with Crippen molar-refractivity contribution in [2.24, 2.45) is 11.5 Å². The minimum Gasteiger partial charge on any atom is -0.370 e. The molecule has 0 rings (SSSR count). The van der Waals surface area contributed by atoms with Crippen LogP contribution in [0.25, 0.3) is 0 Å². The van der Waals surface area contributed by atoms with Crippen LogP contribution in [0.3, 0.4) is 0 Å². The average Bonchev–Trinajstić information content (AvgIpc) is 2.21. The molecule has 0 unspecified atom stereocenters. The van der Waals surface area contributed by atoms with Gasteiger partial charge in [-0.3, -0.25) is 19.2 Å². The SMILES string of the molecule is NC(=O)CCC(=O)S(=O)(=O)C(=O)CCC(N)=O. The second-order valence-corrected chi connectivity index (χ2v) is 5.10. The van der Waals surface area contributed by atoms with E-state index in [0.29, 0.717) is 0 Å². The van der Waals surface area contributed by atoms with Gasteiger partial charge >= 0.3 is 0 Å². The van der Waals surface area contributed by atoms with Crippen LogP contribution in [0, 0.1) is 0 Å². The summed E-state index contributed by atoms with van der Waals surface area (Å²) in [6.07, 6.45) is -2.22. The molecular weight excluding hydrogens is 252 g/mol. The molecule has 0 aliphatic rings. The van der Waals surface area contributed by atoms with Crippen molar-refractivity contribution >= 4 is 31.9 Å². The van der Waals surface area contributed by atoms with E-state index in [9.17, 15) is 27.6 Å². The van der Waals surface area contributed by atoms with E-state index < -0.39 is 57.6 Å². The van der Waals surface area contributed by atoms with E-state index in [2.05, 4.69) is 0 Å². The summed E-state index contributed by atoms with van der Waals surface area (Å²) in [7, 11) is -4.62. The van der Waals surface area contributed by atoms with Gasteiger partial charge in [0, 0.05) is 25.7 Å². The van der Waals surface area contributed by atoms with Crippen molar-refractivity contribution in [3.63, 3.8) is 0 Å². The number of sulfone groups is 1. The van der Waals surface area contributed by atoms with Crippen LogP contribution in [0.4, 0.5) is 0 Å². The Bertz CT molecular complexity index is 417. The van der Waals surface area contributed by atoms with Crippen LogP contribution in [0.2, 0.25) is 0 Å². The predicted molar refractivity (Wildman–Crippen MR) is 55.8 cm³/mol. The summed E-state index contributed by atoms with van der Waals surface area (Å²) in [4.78, 5) is 42.9. The molecule has 0 aromatic heterocycles. The van der Waals surface area contributed by atoms with Crippen LogP contribution >= 0.6 is 0 Å². The normalized spacial score (nSPS) is 10.8. The van der Waals surface area contributed by atoms with E-state index in [1.165, 1.54) is 0 Å². The highest BCUT2D eigenvalue weighted by atomic mass is 32.2. The van der Waals surface area contributed by atoms with Gasteiger partial charge in [-0.15, -0.1) is 0 Å². The van der Waals surface area contributed by atoms with Crippen molar-refractivity contribution in [1.82, 2.24) is 0 Å². The van der Waals surface area contributed by atoms with Gasteiger partial charge < -0.3 is 11.5 Å². The number of carbonyl (C=O) groups is 4. The smallest absolute Gasteiger partial charge is 0.273 e. The number of carbonyl (C=O) groups excluding carboxylic acids is 4. The molecule has 17 heavy (non-hydrogen) atoms. The Hall–Kier alpha value is -1.77. The molecule has 0 saturated carbocycles. The first kappa shape index (κ1) is 15.2. The van der Waals surface area contributed by atoms with Gasteiger partial charge in [0.2, 0.25) is 11.8 Å². The Morgan fingerprint density at radius 2 is 1.00 bits per heavy atom. The van der Waals surface area contributed by atoms with Gasteiger partial charge in [-0.2, -0.15) is 0 Å². The lowest BCUT2D eigenvalue weighted by Gasteiger charge is -2.00. The highest BCUT2D eigenvalue weighted by Gasteiger charge is 2.30. The highest BCUT2D eigenvalue weighted by molar-refractivity contribution is 8.18. The summed E-state index contributed by atoms with van der Waals surface area (Å²) in [6, 6.07) is 0. The zero-order chi connectivity index (χ0) is 13.6. The van der Waals surface area contributed by atoms with E-state index >= 15 is 0 Å². The fourth-order valence-corrected chi connectivity index (χ4v) is 1.84. The Kier molecular flexibility index (Phi) is 5.45. The first-order valence-electron chi connectivity index (χ1n) is 4.55. The molecule has 9 heteroatoms. The first-order chi connectivity index (χ1) is 7.67. The summed E-state index contributed by atoms with van der Waals surface area (Å²) in [5.41, 5.74) is 9.45. The number of rotatable bonds is 6. The third-order valence-corrected chi connectivity index (χ3v) is 3.36. The van der Waals surface area contributed by atoms with Gasteiger partial charge in [0.15, 0.2) is 0 Å². The van der Waals surface area contributed by atoms with Crippen molar-refractivity contribution in [3.8, 4) is 0 Å². The molecule has 0 atom stereocenters. The Morgan fingerprint density at radius 3 is 1.24 bits per heavy atom. The van der Waals surface area contributed by atoms with Gasteiger partial charge in [0.25, 0.3) is 20.1 Å². The van der Waals surface area contributed by atoms with Gasteiger partial charge in [-0.25, -0.2) is 8.42 Å². The van der Waals surface area contributed by atoms with Crippen molar-refractivity contribution in [3.05, 3.63) is 0 Å². The quantitative estimate of drug-likeness (QED) is 0.564. The zero-order valence-electron chi connectivity index (χ0n) is 8.84. The van der Waals surface area contributed by atoms with Crippen LogP contribution in [0.15, 0.2) is 0 Å². The van der Waals surface area contributed by atoms with E-state index in [4.69, 9.17) is 11.5 Å². The molecule has 0 saturated heterocycles. The van der Waals surface area contributed by atoms with E-state index in [1.54, 1.807) is 0 Å². The van der Waals surface area contributed by atoms with Gasteiger partial charge in [0.1, 0.15) is 0 Å². The van der Waals surface area contributed by atoms with Crippen LogP contribution < -0.4 is 11.5 Å². The monoisotopic (exact) mass is 264 g/mol. The molecule has 0 spiro atoms. The molecule has 0 radical (unpaired) electrons. The van der Waals surface area contributed by atoms with Crippen molar-refractivity contribution < 1.29 is 27.6 Å². The molecule has 0 aromatic rings. The standard InChI is InChI=1S/C8H12N2O6S/c9-5(11)1-3-7(13)17(15,16)8(14)4-2-6(10)12/h1-4H2,(H2,9,11)(H2,10,12). The lowest BCUT2D eigenvalue weighted by molar-refractivity contribution is -0.121. The van der Waals surface area contributed by atoms with Gasteiger partial charge in [-0.05, 0) is 0 Å². The third kappa shape index (κ3) is 5.20. The van der Waals surface area contributed by atoms with E-state index in [1.807, 2.05) is 0 Å². The summed E-state index contributed by atoms with van der Waals surface area (Å²) in [5.74, 6) is -1.70. The topological polar surface area (TPSA) is 154 Å². The summed E-state index contributed by atoms with van der Waals surface area (Å²) in [6.45, 7) is 0. The third-order valence-electron chi connectivity index (χ3n) is 1.75. The van der Waals surface area contributed by atoms with Crippen LogP contribution in [0.5, 0.6) is 0 Å². The molecular formula is C8H12N2O6S. The molecule has 0 aromatic carbocycles. The molecule has 0 aliphatic carbocycles. The fraction of sp³-hybridized carbons (Fsp3) is 0.500. The summed E-state index contributed by atoms with van der Waals surface area (Å²) < 4.78 is 22.5. The molecule has 0 heterocycles. The van der Waals surface area contributed by atoms with Crippen molar-refractivity contribution in [2.45, 2.75) is 25.7 Å². The fourth-order valence-electron chi connectivity index (χ4n) is 0.846. The Morgan fingerprint density at radius 1 is 0.706 bits per heavy atom. The maximum Gasteiger partial charge on any atom is 0.273 e. The maximum atomic E-state index is 11.3. The number of hydrogen-bond acceptors (Lipinski definition) is 6.